The quantitative estimate of drug-likeness (QED) is 0.890. The van der Waals surface area contributed by atoms with Gasteiger partial charge in [-0.05, 0) is 26.2 Å². The molecule has 0 atom stereocenters. The molecule has 0 radical (unpaired) electrons. The van der Waals surface area contributed by atoms with Gasteiger partial charge >= 0.3 is 5.97 Å². The first-order valence-electron chi connectivity index (χ1n) is 4.50. The van der Waals surface area contributed by atoms with Gasteiger partial charge in [0.15, 0.2) is 0 Å². The van der Waals surface area contributed by atoms with Gasteiger partial charge in [-0.3, -0.25) is 0 Å². The summed E-state index contributed by atoms with van der Waals surface area (Å²) < 4.78 is 1.67. The summed E-state index contributed by atoms with van der Waals surface area (Å²) in [7, 11) is 0. The maximum Gasteiger partial charge on any atom is 0.352 e. The van der Waals surface area contributed by atoms with Gasteiger partial charge in [0, 0.05) is 17.5 Å². The molecule has 0 aliphatic heterocycles. The number of hydrogen-bond acceptors (Lipinski definition) is 2. The topological polar surface area (TPSA) is 42.2 Å². The highest BCUT2D eigenvalue weighted by molar-refractivity contribution is 7.99. The van der Waals surface area contributed by atoms with Crippen molar-refractivity contribution in [1.82, 2.24) is 4.57 Å². The molecule has 0 spiro atoms. The molecule has 1 aromatic heterocycles. The molecule has 1 rings (SSSR count). The molecule has 0 fully saturated rings. The molecular weight excluding hydrogens is 234 g/mol. The average Bonchev–Trinajstić information content (AvgIpc) is 2.46. The van der Waals surface area contributed by atoms with Gasteiger partial charge in [0.25, 0.3) is 0 Å². The Bertz CT molecular complexity index is 373. The number of nitrogens with zero attached hydrogens (tertiary/aromatic N) is 1. The zero-order valence-electron chi connectivity index (χ0n) is 8.95. The first-order chi connectivity index (χ1) is 6.85. The first-order valence-corrected chi connectivity index (χ1v) is 6.10. The molecule has 1 aromatic rings. The van der Waals surface area contributed by atoms with E-state index in [1.54, 1.807) is 22.5 Å². The van der Waals surface area contributed by atoms with E-state index in [1.807, 2.05) is 6.26 Å². The number of carboxylic acid groups (broad SMARTS) is 1. The van der Waals surface area contributed by atoms with Crippen molar-refractivity contribution in [3.8, 4) is 0 Å². The molecular formula is C10H14ClNO2S. The Kier molecular flexibility index (Phi) is 3.73. The normalized spacial score (nSPS) is 11.7. The summed E-state index contributed by atoms with van der Waals surface area (Å²) in [6.07, 6.45) is 3.66. The van der Waals surface area contributed by atoms with Gasteiger partial charge in [-0.15, -0.1) is 0 Å². The van der Waals surface area contributed by atoms with Crippen LogP contribution >= 0.6 is 23.4 Å². The number of carbonyl (C=O) groups is 1. The number of hydrogen-bond donors (Lipinski definition) is 1. The average molecular weight is 248 g/mol. The van der Waals surface area contributed by atoms with Crippen molar-refractivity contribution in [2.24, 2.45) is 0 Å². The molecule has 0 unspecified atom stereocenters. The van der Waals surface area contributed by atoms with Gasteiger partial charge in [-0.2, -0.15) is 11.8 Å². The number of aromatic carboxylic acids is 1. The van der Waals surface area contributed by atoms with Crippen LogP contribution in [0.2, 0.25) is 5.02 Å². The van der Waals surface area contributed by atoms with Crippen LogP contribution in [0.15, 0.2) is 12.3 Å². The molecule has 0 saturated heterocycles. The minimum atomic E-state index is -0.946. The number of rotatable bonds is 4. The van der Waals surface area contributed by atoms with Crippen molar-refractivity contribution >= 4 is 29.3 Å². The van der Waals surface area contributed by atoms with Crippen LogP contribution in [0, 0.1) is 0 Å². The first kappa shape index (κ1) is 12.5. The lowest BCUT2D eigenvalue weighted by Crippen LogP contribution is -2.24. The maximum absolute atomic E-state index is 10.9. The van der Waals surface area contributed by atoms with Crippen molar-refractivity contribution in [3.63, 3.8) is 0 Å². The highest BCUT2D eigenvalue weighted by Crippen LogP contribution is 2.25. The molecule has 15 heavy (non-hydrogen) atoms. The van der Waals surface area contributed by atoms with Crippen molar-refractivity contribution in [3.05, 3.63) is 23.0 Å². The predicted octanol–water partition coefficient (Wildman–Crippen LogP) is 2.98. The van der Waals surface area contributed by atoms with Crippen molar-refractivity contribution in [2.75, 3.05) is 6.26 Å². The second kappa shape index (κ2) is 4.49. The number of aromatic nitrogens is 1. The van der Waals surface area contributed by atoms with Gasteiger partial charge in [0.2, 0.25) is 0 Å². The summed E-state index contributed by atoms with van der Waals surface area (Å²) in [5.41, 5.74) is 0.238. The molecule has 1 heterocycles. The van der Waals surface area contributed by atoms with Crippen molar-refractivity contribution in [2.45, 2.75) is 25.1 Å². The van der Waals surface area contributed by atoms with E-state index in [9.17, 15) is 4.79 Å². The monoisotopic (exact) mass is 247 g/mol. The Balaban J connectivity index is 2.99. The summed E-state index contributed by atoms with van der Waals surface area (Å²) in [5.74, 6) is -0.946. The third kappa shape index (κ3) is 3.18. The van der Waals surface area contributed by atoms with Crippen LogP contribution < -0.4 is 0 Å². The zero-order chi connectivity index (χ0) is 11.6. The van der Waals surface area contributed by atoms with Crippen molar-refractivity contribution < 1.29 is 9.90 Å². The van der Waals surface area contributed by atoms with E-state index in [-0.39, 0.29) is 10.4 Å². The fourth-order valence-corrected chi connectivity index (χ4v) is 1.75. The Morgan fingerprint density at radius 2 is 2.27 bits per heavy atom. The maximum atomic E-state index is 10.9. The molecule has 5 heteroatoms. The third-order valence-corrected chi connectivity index (χ3v) is 3.63. The second-order valence-corrected chi connectivity index (χ2v) is 5.89. The molecule has 0 aromatic carbocycles. The molecule has 1 N–H and O–H groups in total. The standard InChI is InChI=1S/C10H14ClNO2S/c1-10(2,15-3)6-12-5-7(11)4-8(12)9(13)14/h4-5H,6H2,1-3H3,(H,13,14). The van der Waals surface area contributed by atoms with Gasteiger partial charge in [-0.1, -0.05) is 11.6 Å². The summed E-state index contributed by atoms with van der Waals surface area (Å²) in [6, 6.07) is 1.47. The molecule has 0 aliphatic rings. The van der Waals surface area contributed by atoms with Gasteiger partial charge in [0.05, 0.1) is 5.02 Å². The number of halogens is 1. The van der Waals surface area contributed by atoms with Crippen LogP contribution in [0.1, 0.15) is 24.3 Å². The van der Waals surface area contributed by atoms with Crippen LogP contribution in [-0.4, -0.2) is 26.6 Å². The molecule has 3 nitrogen and oxygen atoms in total. The van der Waals surface area contributed by atoms with E-state index in [1.165, 1.54) is 6.07 Å². The summed E-state index contributed by atoms with van der Waals surface area (Å²) in [5, 5.41) is 9.42. The van der Waals surface area contributed by atoms with Gasteiger partial charge in [0.1, 0.15) is 5.69 Å². The molecule has 0 aliphatic carbocycles. The largest absolute Gasteiger partial charge is 0.477 e. The molecule has 84 valence electrons. The second-order valence-electron chi connectivity index (χ2n) is 3.94. The van der Waals surface area contributed by atoms with Gasteiger partial charge < -0.3 is 9.67 Å². The van der Waals surface area contributed by atoms with E-state index in [0.717, 1.165) is 0 Å². The molecule has 0 saturated carbocycles. The third-order valence-electron chi connectivity index (χ3n) is 2.19. The lowest BCUT2D eigenvalue weighted by molar-refractivity contribution is 0.0684. The lowest BCUT2D eigenvalue weighted by Gasteiger charge is -2.23. The van der Waals surface area contributed by atoms with Crippen molar-refractivity contribution in [1.29, 1.82) is 0 Å². The highest BCUT2D eigenvalue weighted by atomic mass is 35.5. The van der Waals surface area contributed by atoms with E-state index in [4.69, 9.17) is 16.7 Å². The Hall–Kier alpha value is -0.610. The fraction of sp³-hybridized carbons (Fsp3) is 0.500. The van der Waals surface area contributed by atoms with E-state index >= 15 is 0 Å². The minimum Gasteiger partial charge on any atom is -0.477 e. The minimum absolute atomic E-state index is 0.00739. The summed E-state index contributed by atoms with van der Waals surface area (Å²) in [4.78, 5) is 10.9. The molecule has 0 amide bonds. The Labute approximate surface area is 98.4 Å². The van der Waals surface area contributed by atoms with Gasteiger partial charge in [-0.25, -0.2) is 4.79 Å². The van der Waals surface area contributed by atoms with Crippen LogP contribution in [0.3, 0.4) is 0 Å². The van der Waals surface area contributed by atoms with E-state index in [0.29, 0.717) is 11.6 Å². The number of thioether (sulfide) groups is 1. The lowest BCUT2D eigenvalue weighted by atomic mass is 10.2. The molecule has 0 bridgehead atoms. The van der Waals surface area contributed by atoms with Crippen LogP contribution in [-0.2, 0) is 6.54 Å². The van der Waals surface area contributed by atoms with Crippen LogP contribution in [0.4, 0.5) is 0 Å². The Morgan fingerprint density at radius 1 is 1.67 bits per heavy atom. The SMILES string of the molecule is CSC(C)(C)Cn1cc(Cl)cc1C(=O)O. The predicted molar refractivity (Wildman–Crippen MR) is 64.0 cm³/mol. The fourth-order valence-electron chi connectivity index (χ4n) is 1.26. The van der Waals surface area contributed by atoms with Crippen LogP contribution in [0.25, 0.3) is 0 Å². The highest BCUT2D eigenvalue weighted by Gasteiger charge is 2.20. The zero-order valence-corrected chi connectivity index (χ0v) is 10.5. The Morgan fingerprint density at radius 3 is 2.73 bits per heavy atom. The summed E-state index contributed by atoms with van der Waals surface area (Å²) in [6.45, 7) is 4.76. The van der Waals surface area contributed by atoms with E-state index in [2.05, 4.69) is 13.8 Å². The van der Waals surface area contributed by atoms with E-state index < -0.39 is 5.97 Å². The smallest absolute Gasteiger partial charge is 0.352 e. The summed E-state index contributed by atoms with van der Waals surface area (Å²) >= 11 is 7.49. The number of carboxylic acids is 1. The van der Waals surface area contributed by atoms with Crippen LogP contribution in [0.5, 0.6) is 0 Å².